The quantitative estimate of drug-likeness (QED) is 0.476. The maximum Gasteiger partial charge on any atom is 0.0999 e. The molecule has 0 saturated carbocycles. The van der Waals surface area contributed by atoms with E-state index in [1.54, 1.807) is 0 Å². The minimum atomic E-state index is 0.453. The Morgan fingerprint density at radius 3 is 2.86 bits per heavy atom. The minimum absolute atomic E-state index is 0.453. The smallest absolute Gasteiger partial charge is 0.0999 e. The molecule has 1 nitrogen and oxygen atoms in total. The van der Waals surface area contributed by atoms with E-state index in [1.807, 2.05) is 11.8 Å². The summed E-state index contributed by atoms with van der Waals surface area (Å²) in [6, 6.07) is 0. The van der Waals surface area contributed by atoms with Gasteiger partial charge in [-0.25, -0.2) is 0 Å². The molecule has 0 aromatic rings. The van der Waals surface area contributed by atoms with Crippen molar-refractivity contribution in [2.75, 3.05) is 12.4 Å². The van der Waals surface area contributed by atoms with E-state index in [2.05, 4.69) is 6.92 Å². The standard InChI is InChI=1S/C5H10OS/c1-5-6-3-2-4-7-5/h5H,2-4H2,1H3. The summed E-state index contributed by atoms with van der Waals surface area (Å²) in [6.07, 6.45) is 1.23. The molecule has 1 atom stereocenters. The Morgan fingerprint density at radius 2 is 2.57 bits per heavy atom. The summed E-state index contributed by atoms with van der Waals surface area (Å²) in [5.74, 6) is 1.28. The van der Waals surface area contributed by atoms with Crippen LogP contribution in [0.1, 0.15) is 13.3 Å². The highest BCUT2D eigenvalue weighted by atomic mass is 32.2. The van der Waals surface area contributed by atoms with Crippen LogP contribution in [0.15, 0.2) is 0 Å². The van der Waals surface area contributed by atoms with Gasteiger partial charge in [0.1, 0.15) is 0 Å². The molecule has 2 heteroatoms. The van der Waals surface area contributed by atoms with Gasteiger partial charge in [0.25, 0.3) is 0 Å². The van der Waals surface area contributed by atoms with E-state index in [1.165, 1.54) is 12.2 Å². The van der Waals surface area contributed by atoms with Crippen LogP contribution in [0.2, 0.25) is 0 Å². The van der Waals surface area contributed by atoms with Gasteiger partial charge in [-0.05, 0) is 19.1 Å². The maximum atomic E-state index is 5.24. The Kier molecular flexibility index (Phi) is 2.00. The molecule has 0 amide bonds. The minimum Gasteiger partial charge on any atom is -0.368 e. The molecule has 0 N–H and O–H groups in total. The highest BCUT2D eigenvalue weighted by molar-refractivity contribution is 7.99. The largest absolute Gasteiger partial charge is 0.368 e. The lowest BCUT2D eigenvalue weighted by Crippen LogP contribution is -2.11. The summed E-state index contributed by atoms with van der Waals surface area (Å²) in [5, 5.41) is 0. The molecule has 0 aromatic carbocycles. The fourth-order valence-electron chi connectivity index (χ4n) is 0.606. The number of hydrogen-bond donors (Lipinski definition) is 0. The van der Waals surface area contributed by atoms with E-state index >= 15 is 0 Å². The van der Waals surface area contributed by atoms with E-state index in [-0.39, 0.29) is 0 Å². The molecule has 1 aliphatic rings. The van der Waals surface area contributed by atoms with Crippen molar-refractivity contribution < 1.29 is 4.74 Å². The first-order valence-electron chi connectivity index (χ1n) is 2.63. The third-order valence-corrected chi connectivity index (χ3v) is 2.12. The van der Waals surface area contributed by atoms with Crippen molar-refractivity contribution in [3.63, 3.8) is 0 Å². The fourth-order valence-corrected chi connectivity index (χ4v) is 1.41. The molecule has 0 radical (unpaired) electrons. The molecule has 1 fully saturated rings. The van der Waals surface area contributed by atoms with Crippen LogP contribution < -0.4 is 0 Å². The van der Waals surface area contributed by atoms with Gasteiger partial charge >= 0.3 is 0 Å². The van der Waals surface area contributed by atoms with Crippen molar-refractivity contribution in [1.29, 1.82) is 0 Å². The molecule has 42 valence electrons. The van der Waals surface area contributed by atoms with Gasteiger partial charge in [-0.3, -0.25) is 0 Å². The van der Waals surface area contributed by atoms with E-state index in [0.717, 1.165) is 6.61 Å². The van der Waals surface area contributed by atoms with Crippen LogP contribution in [0.5, 0.6) is 0 Å². The van der Waals surface area contributed by atoms with Crippen LogP contribution in [0, 0.1) is 0 Å². The van der Waals surface area contributed by atoms with Gasteiger partial charge in [0.2, 0.25) is 0 Å². The van der Waals surface area contributed by atoms with E-state index in [9.17, 15) is 0 Å². The lowest BCUT2D eigenvalue weighted by molar-refractivity contribution is 0.117. The first-order valence-corrected chi connectivity index (χ1v) is 3.67. The molecule has 1 aliphatic heterocycles. The first-order chi connectivity index (χ1) is 3.39. The summed E-state index contributed by atoms with van der Waals surface area (Å²) < 4.78 is 5.24. The maximum absolute atomic E-state index is 5.24. The average molecular weight is 118 g/mol. The lowest BCUT2D eigenvalue weighted by Gasteiger charge is -2.16. The van der Waals surface area contributed by atoms with Crippen molar-refractivity contribution in [3.8, 4) is 0 Å². The van der Waals surface area contributed by atoms with Gasteiger partial charge in [0, 0.05) is 6.61 Å². The van der Waals surface area contributed by atoms with Gasteiger partial charge in [-0.2, -0.15) is 0 Å². The van der Waals surface area contributed by atoms with Crippen molar-refractivity contribution >= 4 is 11.8 Å². The predicted molar refractivity (Wildman–Crippen MR) is 32.5 cm³/mol. The normalized spacial score (nSPS) is 33.0. The van der Waals surface area contributed by atoms with Gasteiger partial charge < -0.3 is 4.74 Å². The number of thioether (sulfide) groups is 1. The van der Waals surface area contributed by atoms with Crippen LogP contribution in [-0.4, -0.2) is 17.8 Å². The topological polar surface area (TPSA) is 9.23 Å². The molecule has 1 rings (SSSR count). The molecule has 1 heterocycles. The Morgan fingerprint density at radius 1 is 1.71 bits per heavy atom. The van der Waals surface area contributed by atoms with Crippen LogP contribution in [0.3, 0.4) is 0 Å². The SMILES string of the molecule is CC1OCCCS1. The molecule has 0 bridgehead atoms. The third kappa shape index (κ3) is 1.70. The Hall–Kier alpha value is 0.310. The zero-order valence-corrected chi connectivity index (χ0v) is 5.33. The molecular weight excluding hydrogens is 108 g/mol. The van der Waals surface area contributed by atoms with Gasteiger partial charge in [0.05, 0.1) is 5.44 Å². The molecule has 1 saturated heterocycles. The van der Waals surface area contributed by atoms with E-state index < -0.39 is 0 Å². The summed E-state index contributed by atoms with van der Waals surface area (Å²) in [6.45, 7) is 3.07. The molecule has 7 heavy (non-hydrogen) atoms. The summed E-state index contributed by atoms with van der Waals surface area (Å²) in [4.78, 5) is 0. The van der Waals surface area contributed by atoms with Gasteiger partial charge in [0.15, 0.2) is 0 Å². The molecule has 1 unspecified atom stereocenters. The Balaban J connectivity index is 2.12. The van der Waals surface area contributed by atoms with Crippen molar-refractivity contribution in [2.24, 2.45) is 0 Å². The first kappa shape index (κ1) is 5.45. The van der Waals surface area contributed by atoms with Crippen molar-refractivity contribution in [2.45, 2.75) is 18.8 Å². The van der Waals surface area contributed by atoms with Crippen molar-refractivity contribution in [1.82, 2.24) is 0 Å². The summed E-state index contributed by atoms with van der Waals surface area (Å²) in [5.41, 5.74) is 0.453. The summed E-state index contributed by atoms with van der Waals surface area (Å²) >= 11 is 1.90. The number of hydrogen-bond acceptors (Lipinski definition) is 2. The second-order valence-corrected chi connectivity index (χ2v) is 3.07. The summed E-state index contributed by atoms with van der Waals surface area (Å²) in [7, 11) is 0. The molecular formula is C5H10OS. The second-order valence-electron chi connectivity index (χ2n) is 1.66. The monoisotopic (exact) mass is 118 g/mol. The lowest BCUT2D eigenvalue weighted by atomic mass is 10.5. The molecule has 0 spiro atoms. The zero-order valence-electron chi connectivity index (χ0n) is 4.52. The zero-order chi connectivity index (χ0) is 5.11. The number of rotatable bonds is 0. The third-order valence-electron chi connectivity index (χ3n) is 0.994. The highest BCUT2D eigenvalue weighted by Gasteiger charge is 2.06. The van der Waals surface area contributed by atoms with Crippen LogP contribution in [0.4, 0.5) is 0 Å². The highest BCUT2D eigenvalue weighted by Crippen LogP contribution is 2.17. The van der Waals surface area contributed by atoms with Crippen molar-refractivity contribution in [3.05, 3.63) is 0 Å². The predicted octanol–water partition coefficient (Wildman–Crippen LogP) is 1.49. The van der Waals surface area contributed by atoms with E-state index in [0.29, 0.717) is 5.44 Å². The van der Waals surface area contributed by atoms with Gasteiger partial charge in [-0.15, -0.1) is 11.8 Å². The van der Waals surface area contributed by atoms with E-state index in [4.69, 9.17) is 4.74 Å². The van der Waals surface area contributed by atoms with Gasteiger partial charge in [-0.1, -0.05) is 0 Å². The molecule has 0 aromatic heterocycles. The number of ether oxygens (including phenoxy) is 1. The fraction of sp³-hybridized carbons (Fsp3) is 1.00. The van der Waals surface area contributed by atoms with Crippen LogP contribution in [0.25, 0.3) is 0 Å². The van der Waals surface area contributed by atoms with Crippen LogP contribution >= 0.6 is 11.8 Å². The average Bonchev–Trinajstić information content (AvgIpc) is 1.69. The Labute approximate surface area is 48.4 Å². The van der Waals surface area contributed by atoms with Crippen LogP contribution in [-0.2, 0) is 4.74 Å². The second kappa shape index (κ2) is 2.58. The molecule has 0 aliphatic carbocycles. The Bertz CT molecular complexity index is 50.0.